The lowest BCUT2D eigenvalue weighted by Gasteiger charge is -2.13. The molecule has 584 valence electrons. The molecule has 0 aliphatic heterocycles. The second kappa shape index (κ2) is 30.1. The first kappa shape index (κ1) is 72.2. The Labute approximate surface area is 717 Å². The number of hydrogen-bond donors (Lipinski definition) is 0. The molecule has 125 heavy (non-hydrogen) atoms. The molecule has 0 aliphatic rings. The normalized spacial score (nSPS) is 11.7. The van der Waals surface area contributed by atoms with E-state index in [1.165, 1.54) is 16.7 Å². The van der Waals surface area contributed by atoms with Gasteiger partial charge in [-0.3, -0.25) is 0 Å². The van der Waals surface area contributed by atoms with E-state index in [4.69, 9.17) is 42.0 Å². The molecule has 9 heteroatoms. The van der Waals surface area contributed by atoms with Gasteiger partial charge in [0.05, 0.1) is 22.8 Å². The van der Waals surface area contributed by atoms with Crippen molar-refractivity contribution in [2.45, 2.75) is 0 Å². The lowest BCUT2D eigenvalue weighted by molar-refractivity contribution is 0.668. The van der Waals surface area contributed by atoms with Crippen LogP contribution in [0.15, 0.2) is 447 Å². The first-order valence-corrected chi connectivity index (χ1v) is 42.0. The summed E-state index contributed by atoms with van der Waals surface area (Å²) in [4.78, 5) is 21.3. The van der Waals surface area contributed by atoms with E-state index in [0.29, 0.717) is 11.6 Å². The van der Waals surface area contributed by atoms with E-state index >= 15 is 0 Å². The molecule has 0 unspecified atom stereocenters. The maximum atomic E-state index is 6.24. The minimum atomic E-state index is 0.639. The molecular weight excluding hydrogens is 1530 g/mol. The Morgan fingerprint density at radius 3 is 0.584 bits per heavy atom. The van der Waals surface area contributed by atoms with Gasteiger partial charge in [-0.2, -0.15) is 0 Å². The van der Waals surface area contributed by atoms with Crippen LogP contribution in [0.25, 0.3) is 255 Å². The van der Waals surface area contributed by atoms with Gasteiger partial charge in [0, 0.05) is 87.2 Å². The van der Waals surface area contributed by atoms with Crippen LogP contribution in [0.1, 0.15) is 0 Å². The number of aromatic nitrogens is 4. The van der Waals surface area contributed by atoms with Crippen molar-refractivity contribution in [3.63, 3.8) is 0 Å². The maximum absolute atomic E-state index is 6.24. The number of nitrogens with zero attached hydrogens (tertiary/aromatic N) is 4. The first-order valence-electron chi connectivity index (χ1n) is 42.0. The summed E-state index contributed by atoms with van der Waals surface area (Å²) in [5.41, 5.74) is 33.5. The molecule has 0 amide bonds. The van der Waals surface area contributed by atoms with Crippen LogP contribution in [0.3, 0.4) is 0 Å². The van der Waals surface area contributed by atoms with Gasteiger partial charge in [0.1, 0.15) is 55.8 Å². The molecule has 0 radical (unpaired) electrons. The third-order valence-corrected chi connectivity index (χ3v) is 24.2. The highest BCUT2D eigenvalue weighted by atomic mass is 16.3. The summed E-state index contributed by atoms with van der Waals surface area (Å²) >= 11 is 0. The summed E-state index contributed by atoms with van der Waals surface area (Å²) in [6, 6.07) is 148. The fourth-order valence-corrected chi connectivity index (χ4v) is 17.8. The molecule has 9 nitrogen and oxygen atoms in total. The molecule has 0 fully saturated rings. The minimum Gasteiger partial charge on any atom is -0.456 e. The molecule has 0 saturated heterocycles. The van der Waals surface area contributed by atoms with Crippen molar-refractivity contribution < 1.29 is 22.1 Å². The Hall–Kier alpha value is -16.9. The number of para-hydroxylation sites is 5. The van der Waals surface area contributed by atoms with Crippen LogP contribution in [-0.4, -0.2) is 19.9 Å². The van der Waals surface area contributed by atoms with Gasteiger partial charge >= 0.3 is 0 Å². The van der Waals surface area contributed by atoms with Gasteiger partial charge in [-0.05, 0) is 223 Å². The Morgan fingerprint density at radius 1 is 0.112 bits per heavy atom. The number of rotatable bonds is 13. The molecule has 7 aromatic heterocycles. The van der Waals surface area contributed by atoms with Gasteiger partial charge in [0.15, 0.2) is 11.6 Å². The van der Waals surface area contributed by atoms with Crippen LogP contribution in [0.2, 0.25) is 0 Å². The molecular formula is C116H70N4O5. The summed E-state index contributed by atoms with van der Waals surface area (Å²) < 4.78 is 31.1. The summed E-state index contributed by atoms with van der Waals surface area (Å²) in [5, 5.41) is 10.9. The van der Waals surface area contributed by atoms with Crippen LogP contribution >= 0.6 is 0 Å². The van der Waals surface area contributed by atoms with E-state index in [1.54, 1.807) is 0 Å². The summed E-state index contributed by atoms with van der Waals surface area (Å²) in [7, 11) is 0. The van der Waals surface area contributed by atoms with Crippen LogP contribution < -0.4 is 0 Å². The molecule has 18 aromatic carbocycles. The SMILES string of the molecule is c1ccc(-c2cc(-c3ccc(-c4ccc5oc6ccccc6c5c4)cc3)nc(-c3cc(-c4ccc5oc6ccccc6c5c4)cc(-c4ccc5oc6ccccc6c5c4)c3)n2)cc1.c1ccc(-c2cccc(-c3ccc(-c4cc(-c5ccccc5)nc(-c5cc(-c6ccc7oc8ccccc8c7c6)cc(-c6ccc7oc8ccccc8c7c6)c5)n4)cc3)c2)cc1. The lowest BCUT2D eigenvalue weighted by atomic mass is 9.94. The zero-order valence-corrected chi connectivity index (χ0v) is 67.2. The highest BCUT2D eigenvalue weighted by molar-refractivity contribution is 6.11. The van der Waals surface area contributed by atoms with Crippen molar-refractivity contribution >= 4 is 110 Å². The third-order valence-electron chi connectivity index (χ3n) is 24.2. The minimum absolute atomic E-state index is 0.639. The molecule has 25 rings (SSSR count). The number of benzene rings is 18. The maximum Gasteiger partial charge on any atom is 0.160 e. The molecule has 0 N–H and O–H groups in total. The Bertz CT molecular complexity index is 8270. The number of fused-ring (bicyclic) bond motifs is 15. The predicted molar refractivity (Wildman–Crippen MR) is 511 cm³/mol. The average Bonchev–Trinajstić information content (AvgIpc) is 1.76. The van der Waals surface area contributed by atoms with E-state index in [-0.39, 0.29) is 0 Å². The van der Waals surface area contributed by atoms with Gasteiger partial charge in [-0.1, -0.05) is 279 Å². The standard InChI is InChI=1S/C58H34N2O3.C58H36N2O2/c1-2-10-36(11-3-1)50-34-51(37-20-18-35(19-21-37)38-22-25-55-47(31-38)44-12-4-7-15-52(44)61-55)60-58(59-50)43-29-41(39-23-26-56-48(32-39)45-13-5-8-16-53(45)62-56)28-42(30-43)40-24-27-57-49(33-40)46-14-6-9-17-54(46)63-57;1-3-12-37(13-4-1)41-16-11-17-42(30-41)38-22-24-40(25-23-38)53-36-52(39-14-5-2-6-15-39)59-58(60-53)47-32-45(43-26-28-56-50(34-43)48-18-7-9-20-54(48)61-56)31-46(33-47)44-27-29-57-51(35-44)49-19-8-10-21-55(49)62-57/h1-34H;1-36H. The molecule has 0 saturated carbocycles. The lowest BCUT2D eigenvalue weighted by Crippen LogP contribution is -1.97. The Morgan fingerprint density at radius 2 is 0.296 bits per heavy atom. The quantitative estimate of drug-likeness (QED) is 0.111. The van der Waals surface area contributed by atoms with E-state index in [2.05, 4.69) is 352 Å². The third kappa shape index (κ3) is 13.4. The summed E-state index contributed by atoms with van der Waals surface area (Å²) in [6.45, 7) is 0. The van der Waals surface area contributed by atoms with Crippen molar-refractivity contribution in [1.29, 1.82) is 0 Å². The zero-order valence-electron chi connectivity index (χ0n) is 67.2. The van der Waals surface area contributed by atoms with Crippen molar-refractivity contribution in [2.24, 2.45) is 0 Å². The van der Waals surface area contributed by atoms with Crippen LogP contribution in [0, 0.1) is 0 Å². The second-order valence-electron chi connectivity index (χ2n) is 31.9. The van der Waals surface area contributed by atoms with E-state index in [9.17, 15) is 0 Å². The Kier molecular flexibility index (Phi) is 17.4. The zero-order chi connectivity index (χ0) is 82.4. The fourth-order valence-electron chi connectivity index (χ4n) is 17.8. The van der Waals surface area contributed by atoms with Crippen molar-refractivity contribution in [3.8, 4) is 146 Å². The number of hydrogen-bond acceptors (Lipinski definition) is 9. The summed E-state index contributed by atoms with van der Waals surface area (Å²) in [6.07, 6.45) is 0. The Balaban J connectivity index is 0.000000140. The molecule has 0 spiro atoms. The molecule has 0 atom stereocenters. The van der Waals surface area contributed by atoms with Crippen LogP contribution in [0.5, 0.6) is 0 Å². The van der Waals surface area contributed by atoms with Crippen molar-refractivity contribution in [2.75, 3.05) is 0 Å². The van der Waals surface area contributed by atoms with Crippen molar-refractivity contribution in [1.82, 2.24) is 19.9 Å². The summed E-state index contributed by atoms with van der Waals surface area (Å²) in [5.74, 6) is 1.29. The van der Waals surface area contributed by atoms with Gasteiger partial charge in [-0.15, -0.1) is 0 Å². The molecule has 0 bridgehead atoms. The molecule has 25 aromatic rings. The second-order valence-corrected chi connectivity index (χ2v) is 31.9. The fraction of sp³-hybridized carbons (Fsp3) is 0. The first-order chi connectivity index (χ1) is 61.8. The molecule has 0 aliphatic carbocycles. The van der Waals surface area contributed by atoms with Gasteiger partial charge in [0.2, 0.25) is 0 Å². The van der Waals surface area contributed by atoms with Gasteiger partial charge < -0.3 is 22.1 Å². The van der Waals surface area contributed by atoms with E-state index in [0.717, 1.165) is 227 Å². The van der Waals surface area contributed by atoms with Gasteiger partial charge in [-0.25, -0.2) is 19.9 Å². The van der Waals surface area contributed by atoms with E-state index < -0.39 is 0 Å². The van der Waals surface area contributed by atoms with Crippen LogP contribution in [0.4, 0.5) is 0 Å². The topological polar surface area (TPSA) is 117 Å². The average molecular weight is 1600 g/mol. The monoisotopic (exact) mass is 1600 g/mol. The molecule has 7 heterocycles. The highest BCUT2D eigenvalue weighted by Gasteiger charge is 2.22. The van der Waals surface area contributed by atoms with Crippen LogP contribution in [-0.2, 0) is 0 Å². The largest absolute Gasteiger partial charge is 0.456 e. The number of furan rings is 5. The predicted octanol–water partition coefficient (Wildman–Crippen LogP) is 32.1. The highest BCUT2D eigenvalue weighted by Crippen LogP contribution is 2.44. The van der Waals surface area contributed by atoms with E-state index in [1.807, 2.05) is 72.8 Å². The van der Waals surface area contributed by atoms with Crippen molar-refractivity contribution in [3.05, 3.63) is 425 Å². The smallest absolute Gasteiger partial charge is 0.160 e. The van der Waals surface area contributed by atoms with Gasteiger partial charge in [0.25, 0.3) is 0 Å².